The van der Waals surface area contributed by atoms with Gasteiger partial charge in [0, 0.05) is 20.8 Å². The Morgan fingerprint density at radius 1 is 0.432 bits per heavy atom. The number of aromatic nitrogens is 1. The molecule has 1 heterocycles. The molecule has 0 bridgehead atoms. The summed E-state index contributed by atoms with van der Waals surface area (Å²) in [5.74, 6) is 0. The highest BCUT2D eigenvalue weighted by Crippen LogP contribution is 2.41. The van der Waals surface area contributed by atoms with E-state index in [1.807, 2.05) is 59.2 Å². The van der Waals surface area contributed by atoms with Gasteiger partial charge in [-0.15, -0.1) is 0 Å². The number of hydrogen-bond donors (Lipinski definition) is 0. The fraction of sp³-hybridized carbons (Fsp3) is 0. The Labute approximate surface area is 279 Å². The van der Waals surface area contributed by atoms with E-state index in [-0.39, 0.29) is 22.3 Å². The van der Waals surface area contributed by atoms with Gasteiger partial charge in [0.1, 0.15) is 0 Å². The van der Waals surface area contributed by atoms with E-state index >= 15 is 0 Å². The first-order chi connectivity index (χ1) is 25.9. The van der Waals surface area contributed by atoms with Crippen LogP contribution < -0.4 is 0 Å². The molecule has 0 saturated carbocycles. The molecule has 1 nitrogen and oxygen atoms in total. The summed E-state index contributed by atoms with van der Waals surface area (Å²) in [5.41, 5.74) is 6.37. The molecule has 0 fully saturated rings. The average molecular weight is 637 g/mol. The van der Waals surface area contributed by atoms with E-state index in [0.717, 1.165) is 48.5 Å². The minimum Gasteiger partial charge on any atom is -0.309 e. The quantitative estimate of drug-likeness (QED) is 0.177. The SMILES string of the molecule is [2H]c1c([2H])c([2H])c(-c2ccc(-n3c4ccccc4c4ccc(-c5ccccc5-c5ccccc5Br)cc43)c(-c3c([2H])c([2H])c([2H])c([2H])c3[2H])c2)c([2H])c1[2H]. The average Bonchev–Trinajstić information content (AvgIpc) is 3.51. The van der Waals surface area contributed by atoms with Crippen LogP contribution >= 0.6 is 15.9 Å². The van der Waals surface area contributed by atoms with Crippen LogP contribution in [0.4, 0.5) is 0 Å². The van der Waals surface area contributed by atoms with Crippen molar-refractivity contribution in [3.63, 3.8) is 0 Å². The molecule has 0 N–H and O–H groups in total. The lowest BCUT2D eigenvalue weighted by atomic mass is 9.94. The summed E-state index contributed by atoms with van der Waals surface area (Å²) in [4.78, 5) is 0. The predicted molar refractivity (Wildman–Crippen MR) is 190 cm³/mol. The van der Waals surface area contributed by atoms with E-state index in [2.05, 4.69) is 52.3 Å². The van der Waals surface area contributed by atoms with Crippen LogP contribution in [0.3, 0.4) is 0 Å². The van der Waals surface area contributed by atoms with E-state index in [9.17, 15) is 0 Å². The third kappa shape index (κ3) is 4.56. The maximum Gasteiger partial charge on any atom is 0.0629 e. The van der Waals surface area contributed by atoms with Crippen LogP contribution in [0.2, 0.25) is 0 Å². The Hall–Kier alpha value is -5.18. The molecule has 0 saturated heterocycles. The van der Waals surface area contributed by atoms with Gasteiger partial charge in [0.25, 0.3) is 0 Å². The molecule has 0 atom stereocenters. The van der Waals surface area contributed by atoms with Crippen LogP contribution in [-0.2, 0) is 0 Å². The number of benzene rings is 7. The molecule has 208 valence electrons. The summed E-state index contributed by atoms with van der Waals surface area (Å²) in [6.45, 7) is 0. The zero-order valence-corrected chi connectivity index (χ0v) is 24.8. The number of hydrogen-bond acceptors (Lipinski definition) is 0. The lowest BCUT2D eigenvalue weighted by Crippen LogP contribution is -1.98. The predicted octanol–water partition coefficient (Wildman–Crippen LogP) is 12.2. The number of fused-ring (bicyclic) bond motifs is 3. The van der Waals surface area contributed by atoms with Crippen molar-refractivity contribution >= 4 is 37.7 Å². The van der Waals surface area contributed by atoms with Crippen LogP contribution in [0, 0.1) is 0 Å². The van der Waals surface area contributed by atoms with Gasteiger partial charge in [0.05, 0.1) is 30.4 Å². The van der Waals surface area contributed by atoms with Crippen LogP contribution in [-0.4, -0.2) is 4.57 Å². The molecule has 8 rings (SSSR count). The Morgan fingerprint density at radius 2 is 1.05 bits per heavy atom. The molecule has 2 heteroatoms. The maximum atomic E-state index is 9.00. The lowest BCUT2D eigenvalue weighted by Gasteiger charge is -2.17. The molecule has 0 spiro atoms. The third-order valence-electron chi connectivity index (χ3n) is 7.87. The molecule has 1 aromatic heterocycles. The Kier molecular flexibility index (Phi) is 4.51. The van der Waals surface area contributed by atoms with Crippen LogP contribution in [0.5, 0.6) is 0 Å². The smallest absolute Gasteiger partial charge is 0.0629 e. The molecule has 7 aromatic carbocycles. The monoisotopic (exact) mass is 635 g/mol. The van der Waals surface area contributed by atoms with Crippen molar-refractivity contribution in [1.29, 1.82) is 0 Å². The zero-order chi connectivity index (χ0) is 38.2. The number of para-hydroxylation sites is 1. The Balaban J connectivity index is 1.48. The van der Waals surface area contributed by atoms with Crippen molar-refractivity contribution in [1.82, 2.24) is 4.57 Å². The second-order valence-electron chi connectivity index (χ2n) is 10.3. The highest BCUT2D eigenvalue weighted by molar-refractivity contribution is 9.10. The molecule has 0 aliphatic carbocycles. The maximum absolute atomic E-state index is 9.00. The molecule has 0 aliphatic heterocycles. The molecule has 0 aliphatic rings. The summed E-state index contributed by atoms with van der Waals surface area (Å²) in [5, 5.41) is 1.86. The van der Waals surface area contributed by atoms with Gasteiger partial charge >= 0.3 is 0 Å². The third-order valence-corrected chi connectivity index (χ3v) is 8.56. The van der Waals surface area contributed by atoms with E-state index in [1.54, 1.807) is 18.2 Å². The molecule has 44 heavy (non-hydrogen) atoms. The summed E-state index contributed by atoms with van der Waals surface area (Å²) < 4.78 is 88.5. The zero-order valence-electron chi connectivity index (χ0n) is 33.2. The molecular formula is C42H28BrN. The van der Waals surface area contributed by atoms with Crippen molar-refractivity contribution in [2.24, 2.45) is 0 Å². The van der Waals surface area contributed by atoms with Crippen molar-refractivity contribution in [2.45, 2.75) is 0 Å². The minimum atomic E-state index is -0.540. The second kappa shape index (κ2) is 11.1. The largest absolute Gasteiger partial charge is 0.309 e. The van der Waals surface area contributed by atoms with Gasteiger partial charge in [-0.25, -0.2) is 0 Å². The second-order valence-corrected chi connectivity index (χ2v) is 11.2. The molecular weight excluding hydrogens is 598 g/mol. The van der Waals surface area contributed by atoms with Gasteiger partial charge in [-0.2, -0.15) is 0 Å². The van der Waals surface area contributed by atoms with Crippen molar-refractivity contribution in [3.8, 4) is 50.2 Å². The van der Waals surface area contributed by atoms with E-state index < -0.39 is 60.4 Å². The highest BCUT2D eigenvalue weighted by atomic mass is 79.9. The highest BCUT2D eigenvalue weighted by Gasteiger charge is 2.18. The topological polar surface area (TPSA) is 4.93 Å². The standard InChI is InChI=1S/C42H28BrN/c43-39-21-11-9-19-35(39)34-18-8-7-17-33(34)32-23-25-37-36-20-10-12-22-40(36)44(42(37)28-32)41-26-24-31(29-13-3-1-4-14-29)27-38(41)30-15-5-2-6-16-30/h1-28H/i1D,2D,3D,4D,5D,6D,13D,14D,15D,16D. The van der Waals surface area contributed by atoms with Crippen LogP contribution in [0.25, 0.3) is 72.0 Å². The normalized spacial score (nSPS) is 14.5. The fourth-order valence-corrected chi connectivity index (χ4v) is 6.41. The number of halogens is 1. The lowest BCUT2D eigenvalue weighted by molar-refractivity contribution is 1.18. The van der Waals surface area contributed by atoms with E-state index in [1.165, 1.54) is 0 Å². The van der Waals surface area contributed by atoms with Gasteiger partial charge in [-0.1, -0.05) is 155 Å². The molecule has 0 amide bonds. The summed E-state index contributed by atoms with van der Waals surface area (Å²) in [7, 11) is 0. The van der Waals surface area contributed by atoms with Crippen molar-refractivity contribution in [3.05, 3.63) is 174 Å². The number of rotatable bonds is 5. The van der Waals surface area contributed by atoms with Crippen LogP contribution in [0.15, 0.2) is 174 Å². The molecule has 8 aromatic rings. The van der Waals surface area contributed by atoms with Crippen molar-refractivity contribution in [2.75, 3.05) is 0 Å². The fourth-order valence-electron chi connectivity index (χ4n) is 5.91. The first-order valence-electron chi connectivity index (χ1n) is 19.1. The van der Waals surface area contributed by atoms with Crippen molar-refractivity contribution < 1.29 is 13.7 Å². The first-order valence-corrected chi connectivity index (χ1v) is 14.9. The molecule has 0 radical (unpaired) electrons. The van der Waals surface area contributed by atoms with Gasteiger partial charge in [0.15, 0.2) is 0 Å². The van der Waals surface area contributed by atoms with E-state index in [0.29, 0.717) is 5.69 Å². The summed E-state index contributed by atoms with van der Waals surface area (Å²) in [6.07, 6.45) is 0. The van der Waals surface area contributed by atoms with E-state index in [4.69, 9.17) is 13.7 Å². The molecule has 0 unspecified atom stereocenters. The number of nitrogens with zero attached hydrogens (tertiary/aromatic N) is 1. The summed E-state index contributed by atoms with van der Waals surface area (Å²) >= 11 is 3.72. The van der Waals surface area contributed by atoms with Gasteiger partial charge < -0.3 is 4.57 Å². The van der Waals surface area contributed by atoms with Gasteiger partial charge in [-0.05, 0) is 69.3 Å². The Morgan fingerprint density at radius 3 is 1.82 bits per heavy atom. The first kappa shape index (κ1) is 17.8. The summed E-state index contributed by atoms with van der Waals surface area (Å²) in [6, 6.07) is 30.3. The van der Waals surface area contributed by atoms with Gasteiger partial charge in [0.2, 0.25) is 0 Å². The Bertz CT molecular complexity index is 2810. The van der Waals surface area contributed by atoms with Crippen LogP contribution in [0.1, 0.15) is 13.7 Å². The van der Waals surface area contributed by atoms with Gasteiger partial charge in [-0.3, -0.25) is 0 Å². The minimum absolute atomic E-state index is 0.0608.